The van der Waals surface area contributed by atoms with E-state index in [1.807, 2.05) is 6.07 Å². The van der Waals surface area contributed by atoms with Crippen molar-refractivity contribution in [1.29, 1.82) is 5.41 Å². The average Bonchev–Trinajstić information content (AvgIpc) is 2.68. The second-order valence-electron chi connectivity index (χ2n) is 6.43. The molecule has 0 unspecified atom stereocenters. The highest BCUT2D eigenvalue weighted by molar-refractivity contribution is 5.86. The lowest BCUT2D eigenvalue weighted by Gasteiger charge is -2.16. The molecule has 28 heavy (non-hydrogen) atoms. The Bertz CT molecular complexity index is 1070. The van der Waals surface area contributed by atoms with Crippen molar-refractivity contribution in [2.24, 2.45) is 0 Å². The van der Waals surface area contributed by atoms with E-state index < -0.39 is 11.7 Å². The van der Waals surface area contributed by atoms with Crippen molar-refractivity contribution in [2.75, 3.05) is 14.2 Å². The minimum absolute atomic E-state index is 0.0242. The maximum atomic E-state index is 13.5. The highest BCUT2D eigenvalue weighted by Gasteiger charge is 2.33. The van der Waals surface area contributed by atoms with E-state index in [9.17, 15) is 13.2 Å². The summed E-state index contributed by atoms with van der Waals surface area (Å²) in [6.07, 6.45) is -2.50. The summed E-state index contributed by atoms with van der Waals surface area (Å²) in [5, 5.41) is 8.81. The molecule has 0 saturated heterocycles. The van der Waals surface area contributed by atoms with Gasteiger partial charge in [-0.15, -0.1) is 0 Å². The zero-order chi connectivity index (χ0) is 20.5. The molecule has 0 bridgehead atoms. The van der Waals surface area contributed by atoms with Gasteiger partial charge in [0.1, 0.15) is 17.0 Å². The fraction of sp³-hybridized carbons (Fsp3) is 0.286. The van der Waals surface area contributed by atoms with Gasteiger partial charge in [-0.2, -0.15) is 13.2 Å². The number of fused-ring (bicyclic) bond motifs is 1. The van der Waals surface area contributed by atoms with Crippen LogP contribution in [0.25, 0.3) is 10.8 Å². The Kier molecular flexibility index (Phi) is 5.36. The van der Waals surface area contributed by atoms with Gasteiger partial charge < -0.3 is 14.0 Å². The van der Waals surface area contributed by atoms with Crippen LogP contribution in [0.5, 0.6) is 11.5 Å². The lowest BCUT2D eigenvalue weighted by Crippen LogP contribution is -2.22. The third-order valence-electron chi connectivity index (χ3n) is 4.75. The highest BCUT2D eigenvalue weighted by Crippen LogP contribution is 2.35. The summed E-state index contributed by atoms with van der Waals surface area (Å²) in [6.45, 7) is 2.09. The molecular formula is C21H21F3N2O2. The zero-order valence-electron chi connectivity index (χ0n) is 15.9. The smallest absolute Gasteiger partial charge is 0.417 e. The summed E-state index contributed by atoms with van der Waals surface area (Å²) < 4.78 is 52.6. The van der Waals surface area contributed by atoms with Gasteiger partial charge in [-0.3, -0.25) is 5.41 Å². The molecule has 4 nitrogen and oxygen atoms in total. The summed E-state index contributed by atoms with van der Waals surface area (Å²) >= 11 is 0. The first-order chi connectivity index (χ1) is 13.3. The Morgan fingerprint density at radius 3 is 2.36 bits per heavy atom. The van der Waals surface area contributed by atoms with Crippen LogP contribution < -0.4 is 15.0 Å². The van der Waals surface area contributed by atoms with Crippen molar-refractivity contribution in [3.8, 4) is 11.5 Å². The number of halogens is 3. The van der Waals surface area contributed by atoms with Crippen LogP contribution >= 0.6 is 0 Å². The number of ether oxygens (including phenoxy) is 2. The van der Waals surface area contributed by atoms with Crippen molar-refractivity contribution < 1.29 is 22.6 Å². The average molecular weight is 390 g/mol. The molecule has 0 aliphatic heterocycles. The molecule has 0 fully saturated rings. The van der Waals surface area contributed by atoms with E-state index in [1.165, 1.54) is 25.4 Å². The molecule has 1 aromatic heterocycles. The molecule has 7 heteroatoms. The first-order valence-electron chi connectivity index (χ1n) is 8.77. The number of alkyl halides is 3. The van der Waals surface area contributed by atoms with Gasteiger partial charge >= 0.3 is 6.18 Å². The Hall–Kier alpha value is -2.96. The van der Waals surface area contributed by atoms with Gasteiger partial charge in [0.25, 0.3) is 0 Å². The zero-order valence-corrected chi connectivity index (χ0v) is 15.9. The van der Waals surface area contributed by atoms with Gasteiger partial charge in [0.15, 0.2) is 0 Å². The molecule has 0 spiro atoms. The first kappa shape index (κ1) is 19.8. The molecule has 148 valence electrons. The van der Waals surface area contributed by atoms with Crippen LogP contribution in [0.15, 0.2) is 42.6 Å². The predicted molar refractivity (Wildman–Crippen MR) is 101 cm³/mol. The Morgan fingerprint density at radius 1 is 1.00 bits per heavy atom. The van der Waals surface area contributed by atoms with E-state index in [2.05, 4.69) is 0 Å². The van der Waals surface area contributed by atoms with Gasteiger partial charge in [0.05, 0.1) is 26.3 Å². The van der Waals surface area contributed by atoms with Crippen molar-refractivity contribution in [2.45, 2.75) is 26.1 Å². The third-order valence-corrected chi connectivity index (χ3v) is 4.75. The van der Waals surface area contributed by atoms with Crippen molar-refractivity contribution in [3.05, 3.63) is 64.8 Å². The van der Waals surface area contributed by atoms with E-state index in [0.29, 0.717) is 30.0 Å². The van der Waals surface area contributed by atoms with Gasteiger partial charge in [-0.1, -0.05) is 6.92 Å². The quantitative estimate of drug-likeness (QED) is 0.682. The molecular weight excluding hydrogens is 369 g/mol. The molecule has 0 atom stereocenters. The Morgan fingerprint density at radius 2 is 1.75 bits per heavy atom. The Balaban J connectivity index is 2.14. The number of rotatable bonds is 5. The number of nitrogens with one attached hydrogen (secondary N) is 1. The number of aromatic nitrogens is 1. The van der Waals surface area contributed by atoms with Gasteiger partial charge in [0.2, 0.25) is 0 Å². The van der Waals surface area contributed by atoms with Crippen LogP contribution in [0.3, 0.4) is 0 Å². The van der Waals surface area contributed by atoms with Crippen LogP contribution in [0.2, 0.25) is 0 Å². The second-order valence-corrected chi connectivity index (χ2v) is 6.43. The van der Waals surface area contributed by atoms with Crippen LogP contribution in [0, 0.1) is 5.41 Å². The molecule has 3 rings (SSSR count). The molecule has 2 aromatic carbocycles. The minimum atomic E-state index is -4.47. The summed E-state index contributed by atoms with van der Waals surface area (Å²) in [4.78, 5) is 0. The number of methoxy groups -OCH3 is 2. The number of pyridine rings is 1. The van der Waals surface area contributed by atoms with Crippen molar-refractivity contribution >= 4 is 10.8 Å². The molecule has 0 saturated carbocycles. The SMILES string of the molecule is CCc1cc(C(F)(F)F)c2ccn(Cc3ccc(OC)cc3OC)c(=N)c2c1. The fourth-order valence-corrected chi connectivity index (χ4v) is 3.22. The Labute approximate surface area is 160 Å². The minimum Gasteiger partial charge on any atom is -0.497 e. The summed E-state index contributed by atoms with van der Waals surface area (Å²) in [5.74, 6) is 1.22. The van der Waals surface area contributed by atoms with Crippen LogP contribution in [-0.4, -0.2) is 18.8 Å². The summed E-state index contributed by atoms with van der Waals surface area (Å²) in [5.41, 5.74) is 0.664. The van der Waals surface area contributed by atoms with Gasteiger partial charge in [0, 0.05) is 23.2 Å². The maximum absolute atomic E-state index is 13.5. The lowest BCUT2D eigenvalue weighted by molar-refractivity contribution is -0.136. The van der Waals surface area contributed by atoms with Crippen LogP contribution in [0.4, 0.5) is 13.2 Å². The van der Waals surface area contributed by atoms with E-state index in [-0.39, 0.29) is 16.3 Å². The van der Waals surface area contributed by atoms with Crippen LogP contribution in [0.1, 0.15) is 23.6 Å². The standard InChI is InChI=1S/C21H21F3N2O2/c1-4-13-9-17-16(18(10-13)21(22,23)24)7-8-26(20(17)25)12-14-5-6-15(27-2)11-19(14)28-3/h5-11,25H,4,12H2,1-3H3. The monoisotopic (exact) mass is 390 g/mol. The predicted octanol–water partition coefficient (Wildman–Crippen LogP) is 4.77. The topological polar surface area (TPSA) is 47.2 Å². The van der Waals surface area contributed by atoms with E-state index in [0.717, 1.165) is 5.56 Å². The lowest BCUT2D eigenvalue weighted by atomic mass is 10.0. The van der Waals surface area contributed by atoms with Crippen molar-refractivity contribution in [3.63, 3.8) is 0 Å². The number of aryl methyl sites for hydroxylation is 1. The van der Waals surface area contributed by atoms with E-state index in [4.69, 9.17) is 14.9 Å². The molecule has 3 aromatic rings. The number of hydrogen-bond acceptors (Lipinski definition) is 3. The highest BCUT2D eigenvalue weighted by atomic mass is 19.4. The van der Waals surface area contributed by atoms with Crippen molar-refractivity contribution in [1.82, 2.24) is 4.57 Å². The number of hydrogen-bond donors (Lipinski definition) is 1. The van der Waals surface area contributed by atoms with E-state index in [1.54, 1.807) is 36.8 Å². The van der Waals surface area contributed by atoms with E-state index >= 15 is 0 Å². The van der Waals surface area contributed by atoms with Crippen LogP contribution in [-0.2, 0) is 19.1 Å². The molecule has 0 amide bonds. The molecule has 0 radical (unpaired) electrons. The van der Waals surface area contributed by atoms with Gasteiger partial charge in [-0.25, -0.2) is 0 Å². The van der Waals surface area contributed by atoms with Gasteiger partial charge in [-0.05, 0) is 47.7 Å². The maximum Gasteiger partial charge on any atom is 0.417 e. The normalized spacial score (nSPS) is 11.6. The second kappa shape index (κ2) is 7.58. The molecule has 1 N–H and O–H groups in total. The largest absolute Gasteiger partial charge is 0.497 e. The molecule has 1 heterocycles. The third kappa shape index (κ3) is 3.69. The first-order valence-corrected chi connectivity index (χ1v) is 8.77. The number of benzene rings is 2. The summed E-state index contributed by atoms with van der Waals surface area (Å²) in [7, 11) is 3.09. The summed E-state index contributed by atoms with van der Waals surface area (Å²) in [6, 6.07) is 9.58. The fourth-order valence-electron chi connectivity index (χ4n) is 3.22. The number of nitrogens with zero attached hydrogens (tertiary/aromatic N) is 1. The molecule has 0 aliphatic carbocycles. The molecule has 0 aliphatic rings.